The quantitative estimate of drug-likeness (QED) is 0.687. The number of fused-ring (bicyclic) bond motifs is 2. The lowest BCUT2D eigenvalue weighted by atomic mass is 10.0. The van der Waals surface area contributed by atoms with Crippen LogP contribution in [0.4, 0.5) is 5.13 Å². The van der Waals surface area contributed by atoms with Crippen molar-refractivity contribution in [3.05, 3.63) is 40.4 Å². The van der Waals surface area contributed by atoms with E-state index in [4.69, 9.17) is 0 Å². The van der Waals surface area contributed by atoms with Gasteiger partial charge in [0.25, 0.3) is 15.9 Å². The zero-order valence-electron chi connectivity index (χ0n) is 17.1. The number of aryl methyl sites for hydroxylation is 2. The number of carbonyl (C=O) groups excluding carboxylic acids is 1. The molecule has 9 heteroatoms. The zero-order valence-corrected chi connectivity index (χ0v) is 18.8. The van der Waals surface area contributed by atoms with Crippen molar-refractivity contribution in [1.82, 2.24) is 9.71 Å². The minimum atomic E-state index is -3.64. The molecule has 1 atom stereocenters. The molecule has 2 aromatic rings. The van der Waals surface area contributed by atoms with E-state index in [-0.39, 0.29) is 22.6 Å². The second-order valence-corrected chi connectivity index (χ2v) is 10.9. The number of sulfonamides is 1. The number of carbonyl (C=O) groups is 1. The largest absolute Gasteiger partial charge is 0.300 e. The molecule has 160 valence electrons. The first kappa shape index (κ1) is 21.0. The van der Waals surface area contributed by atoms with Gasteiger partial charge in [-0.25, -0.2) is 13.4 Å². The van der Waals surface area contributed by atoms with E-state index in [1.807, 2.05) is 13.8 Å². The van der Waals surface area contributed by atoms with Crippen molar-refractivity contribution in [3.8, 4) is 0 Å². The van der Waals surface area contributed by atoms with E-state index in [2.05, 4.69) is 20.0 Å². The van der Waals surface area contributed by atoms with Crippen LogP contribution in [0.25, 0.3) is 0 Å². The Labute approximate surface area is 181 Å². The molecule has 1 unspecified atom stereocenters. The van der Waals surface area contributed by atoms with E-state index in [1.165, 1.54) is 11.3 Å². The molecule has 0 radical (unpaired) electrons. The fourth-order valence-corrected chi connectivity index (χ4v) is 6.11. The number of aliphatic imine (C=N–C) groups is 1. The van der Waals surface area contributed by atoms with E-state index >= 15 is 0 Å². The lowest BCUT2D eigenvalue weighted by Crippen LogP contribution is -2.31. The third-order valence-electron chi connectivity index (χ3n) is 5.27. The summed E-state index contributed by atoms with van der Waals surface area (Å²) in [6.45, 7) is 4.03. The number of benzene rings is 1. The number of hydrogen-bond donors (Lipinski definition) is 2. The van der Waals surface area contributed by atoms with Gasteiger partial charge in [0, 0.05) is 10.4 Å². The summed E-state index contributed by atoms with van der Waals surface area (Å²) < 4.78 is 27.2. The summed E-state index contributed by atoms with van der Waals surface area (Å²) in [4.78, 5) is 23.7. The van der Waals surface area contributed by atoms with Gasteiger partial charge in [0.1, 0.15) is 11.9 Å². The normalized spacial score (nSPS) is 19.6. The van der Waals surface area contributed by atoms with Crippen LogP contribution in [-0.2, 0) is 27.7 Å². The van der Waals surface area contributed by atoms with Crippen LogP contribution in [0.3, 0.4) is 0 Å². The van der Waals surface area contributed by atoms with Gasteiger partial charge in [-0.05, 0) is 50.2 Å². The Kier molecular flexibility index (Phi) is 5.92. The van der Waals surface area contributed by atoms with Crippen molar-refractivity contribution < 1.29 is 13.2 Å². The van der Waals surface area contributed by atoms with Crippen LogP contribution in [-0.4, -0.2) is 31.2 Å². The average molecular weight is 447 g/mol. The fraction of sp³-hybridized carbons (Fsp3) is 0.476. The Bertz CT molecular complexity index is 1070. The standard InChI is InChI=1S/C21H26N4O3S2/c1-13(2)12-16(22-19-14-8-6-7-11-18(14)30(27,28)25-19)20(26)24-21-23-15-9-4-3-5-10-17(15)29-21/h6-8,11,13,16H,3-5,9-10,12H2,1-2H3,(H,22,25)(H,23,24,26). The molecule has 1 aliphatic carbocycles. The molecule has 0 spiro atoms. The Morgan fingerprint density at radius 3 is 2.80 bits per heavy atom. The molecule has 2 heterocycles. The third kappa shape index (κ3) is 4.41. The molecular weight excluding hydrogens is 420 g/mol. The van der Waals surface area contributed by atoms with Gasteiger partial charge in [0.15, 0.2) is 5.13 Å². The summed E-state index contributed by atoms with van der Waals surface area (Å²) in [7, 11) is -3.64. The molecule has 0 fully saturated rings. The predicted octanol–water partition coefficient (Wildman–Crippen LogP) is 3.50. The maximum absolute atomic E-state index is 13.1. The van der Waals surface area contributed by atoms with E-state index in [0.717, 1.165) is 31.4 Å². The van der Waals surface area contributed by atoms with Crippen molar-refractivity contribution >= 4 is 38.2 Å². The SMILES string of the molecule is CC(C)CC(N=C1NS(=O)(=O)c2ccccc21)C(=O)Nc1nc2c(s1)CCCCC2. The van der Waals surface area contributed by atoms with Gasteiger partial charge in [-0.3, -0.25) is 14.5 Å². The van der Waals surface area contributed by atoms with Gasteiger partial charge in [-0.15, -0.1) is 11.3 Å². The molecule has 2 aliphatic rings. The van der Waals surface area contributed by atoms with Crippen molar-refractivity contribution in [1.29, 1.82) is 0 Å². The van der Waals surface area contributed by atoms with E-state index in [9.17, 15) is 13.2 Å². The van der Waals surface area contributed by atoms with Crippen molar-refractivity contribution in [2.75, 3.05) is 5.32 Å². The van der Waals surface area contributed by atoms with Gasteiger partial charge < -0.3 is 5.32 Å². The number of amides is 1. The second-order valence-electron chi connectivity index (χ2n) is 8.16. The second kappa shape index (κ2) is 8.47. The summed E-state index contributed by atoms with van der Waals surface area (Å²) in [5.41, 5.74) is 1.59. The van der Waals surface area contributed by atoms with Crippen LogP contribution < -0.4 is 10.0 Å². The fourth-order valence-electron chi connectivity index (χ4n) is 3.82. The number of hydrogen-bond acceptors (Lipinski definition) is 6. The predicted molar refractivity (Wildman–Crippen MR) is 119 cm³/mol. The first-order chi connectivity index (χ1) is 14.3. The highest BCUT2D eigenvalue weighted by Gasteiger charge is 2.32. The molecule has 2 N–H and O–H groups in total. The number of amidine groups is 1. The highest BCUT2D eigenvalue weighted by atomic mass is 32.2. The van der Waals surface area contributed by atoms with Gasteiger partial charge in [-0.1, -0.05) is 32.4 Å². The Balaban J connectivity index is 1.59. The monoisotopic (exact) mass is 446 g/mol. The van der Waals surface area contributed by atoms with Gasteiger partial charge in [-0.2, -0.15) is 0 Å². The summed E-state index contributed by atoms with van der Waals surface area (Å²) in [6.07, 6.45) is 5.98. The van der Waals surface area contributed by atoms with Crippen molar-refractivity contribution in [3.63, 3.8) is 0 Å². The van der Waals surface area contributed by atoms with E-state index in [1.54, 1.807) is 35.6 Å². The average Bonchev–Trinajstić information content (AvgIpc) is 3.09. The van der Waals surface area contributed by atoms with E-state index < -0.39 is 16.1 Å². The van der Waals surface area contributed by atoms with Crippen molar-refractivity contribution in [2.24, 2.45) is 10.9 Å². The minimum Gasteiger partial charge on any atom is -0.300 e. The Morgan fingerprint density at radius 2 is 2.00 bits per heavy atom. The van der Waals surface area contributed by atoms with Gasteiger partial charge in [0.05, 0.1) is 10.6 Å². The number of thiazole rings is 1. The highest BCUT2D eigenvalue weighted by molar-refractivity contribution is 7.90. The van der Waals surface area contributed by atoms with E-state index in [0.29, 0.717) is 17.1 Å². The molecular formula is C21H26N4O3S2. The highest BCUT2D eigenvalue weighted by Crippen LogP contribution is 2.29. The molecule has 0 saturated carbocycles. The number of anilines is 1. The van der Waals surface area contributed by atoms with Gasteiger partial charge >= 0.3 is 0 Å². The maximum Gasteiger partial charge on any atom is 0.263 e. The maximum atomic E-state index is 13.1. The lowest BCUT2D eigenvalue weighted by molar-refractivity contribution is -0.117. The molecule has 1 aliphatic heterocycles. The van der Waals surface area contributed by atoms with Crippen LogP contribution in [0.15, 0.2) is 34.2 Å². The Hall–Kier alpha value is -2.26. The Morgan fingerprint density at radius 1 is 1.23 bits per heavy atom. The lowest BCUT2D eigenvalue weighted by Gasteiger charge is -2.15. The summed E-state index contributed by atoms with van der Waals surface area (Å²) in [5, 5.41) is 3.53. The molecule has 1 aromatic carbocycles. The molecule has 1 amide bonds. The number of nitrogens with one attached hydrogen (secondary N) is 2. The van der Waals surface area contributed by atoms with Gasteiger partial charge in [0.2, 0.25) is 0 Å². The molecule has 1 aromatic heterocycles. The van der Waals surface area contributed by atoms with Crippen LogP contribution >= 0.6 is 11.3 Å². The van der Waals surface area contributed by atoms with Crippen LogP contribution in [0.2, 0.25) is 0 Å². The summed E-state index contributed by atoms with van der Waals surface area (Å²) in [6, 6.07) is 5.97. The van der Waals surface area contributed by atoms with Crippen LogP contribution in [0.1, 0.15) is 55.7 Å². The number of nitrogens with zero attached hydrogens (tertiary/aromatic N) is 2. The molecule has 0 bridgehead atoms. The molecule has 7 nitrogen and oxygen atoms in total. The number of aromatic nitrogens is 1. The smallest absolute Gasteiger partial charge is 0.263 e. The topological polar surface area (TPSA) is 101 Å². The molecule has 0 saturated heterocycles. The van der Waals surface area contributed by atoms with Crippen LogP contribution in [0, 0.1) is 5.92 Å². The zero-order chi connectivity index (χ0) is 21.3. The third-order valence-corrected chi connectivity index (χ3v) is 7.74. The minimum absolute atomic E-state index is 0.191. The molecule has 30 heavy (non-hydrogen) atoms. The number of rotatable bonds is 5. The summed E-state index contributed by atoms with van der Waals surface area (Å²) in [5.74, 6) is 0.177. The summed E-state index contributed by atoms with van der Waals surface area (Å²) >= 11 is 1.54. The molecule has 4 rings (SSSR count). The van der Waals surface area contributed by atoms with Crippen molar-refractivity contribution in [2.45, 2.75) is 63.3 Å². The first-order valence-electron chi connectivity index (χ1n) is 10.3. The van der Waals surface area contributed by atoms with Crippen LogP contribution in [0.5, 0.6) is 0 Å². The first-order valence-corrected chi connectivity index (χ1v) is 12.6.